The summed E-state index contributed by atoms with van der Waals surface area (Å²) in [6, 6.07) is 0. The predicted molar refractivity (Wildman–Crippen MR) is 429 cm³/mol. The van der Waals surface area contributed by atoms with Crippen LogP contribution in [-0.4, -0.2) is 309 Å². The maximum absolute atomic E-state index is 15.2. The third kappa shape index (κ3) is 23.6. The molecule has 686 valence electrons. The highest BCUT2D eigenvalue weighted by Gasteiger charge is 2.58. The molecule has 0 saturated carbocycles. The maximum Gasteiger partial charge on any atom is 0.472 e. The van der Waals surface area contributed by atoms with Gasteiger partial charge < -0.3 is 121 Å². The van der Waals surface area contributed by atoms with Crippen LogP contribution in [0.15, 0.2) is 89.2 Å². The number of anilines is 1. The van der Waals surface area contributed by atoms with Gasteiger partial charge in [0.1, 0.15) is 109 Å². The second-order valence-electron chi connectivity index (χ2n) is 28.4. The van der Waals surface area contributed by atoms with E-state index in [0.717, 1.165) is 32.4 Å². The fraction of sp³-hybridized carbons (Fsp3) is 0.672. The average Bonchev–Trinajstić information content (AvgIpc) is 1.62. The van der Waals surface area contributed by atoms with Gasteiger partial charge in [0, 0.05) is 82.6 Å². The van der Waals surface area contributed by atoms with Crippen molar-refractivity contribution in [3.8, 4) is 0 Å². The molecule has 12 N–H and O–H groups in total. The van der Waals surface area contributed by atoms with E-state index < -0.39 is 212 Å². The first-order chi connectivity index (χ1) is 58.5. The van der Waals surface area contributed by atoms with Crippen molar-refractivity contribution in [1.82, 2.24) is 53.1 Å². The molecule has 0 aliphatic carbocycles. The van der Waals surface area contributed by atoms with E-state index in [4.69, 9.17) is 142 Å². The number of phosphoric ester groups is 2. The number of imidazole rings is 1. The number of nitrogens with one attached hydrogen (secondary N) is 3. The zero-order valence-electron chi connectivity index (χ0n) is 68.0. The minimum absolute atomic E-state index is 0.0113. The molecule has 50 nitrogen and oxygen atoms in total. The highest BCUT2D eigenvalue weighted by Crippen LogP contribution is 2.57. The summed E-state index contributed by atoms with van der Waals surface area (Å²) in [5.74, 6) is 0.213. The zero-order valence-corrected chi connectivity index (χ0v) is 73.2. The van der Waals surface area contributed by atoms with Crippen LogP contribution in [-0.2, 0) is 140 Å². The Balaban J connectivity index is 0.895. The van der Waals surface area contributed by atoms with Crippen molar-refractivity contribution in [2.45, 2.75) is 164 Å². The largest absolute Gasteiger partial charge is 0.472 e. The fourth-order valence-electron chi connectivity index (χ4n) is 13.9. The van der Waals surface area contributed by atoms with Crippen molar-refractivity contribution in [2.24, 2.45) is 10.7 Å². The number of rotatable bonds is 46. The van der Waals surface area contributed by atoms with Gasteiger partial charge in [-0.1, -0.05) is 13.5 Å². The molecule has 5 saturated heterocycles. The lowest BCUT2D eigenvalue weighted by atomic mass is 10.1. The molecular weight excluding hydrogens is 1760 g/mol. The normalized spacial score (nSPS) is 29.9. The summed E-state index contributed by atoms with van der Waals surface area (Å²) < 4.78 is 171. The van der Waals surface area contributed by atoms with Crippen LogP contribution in [0.2, 0.25) is 0 Å². The summed E-state index contributed by atoms with van der Waals surface area (Å²) >= 11 is 11.5. The van der Waals surface area contributed by atoms with Gasteiger partial charge in [-0.2, -0.15) is 0 Å². The number of H-pyrrole nitrogens is 3. The minimum atomic E-state index is -5.81. The third-order valence-electron chi connectivity index (χ3n) is 20.0. The highest BCUT2D eigenvalue weighted by atomic mass is 32.5. The Morgan fingerprint density at radius 2 is 0.821 bits per heavy atom. The number of amidine groups is 1. The molecular formula is C67H100N14O36P4S2. The number of aromatic nitrogens is 10. The van der Waals surface area contributed by atoms with Gasteiger partial charge in [0.15, 0.2) is 42.6 Å². The number of aliphatic hydroxyl groups is 1. The van der Waals surface area contributed by atoms with E-state index in [-0.39, 0.29) is 118 Å². The Hall–Kier alpha value is -6.22. The molecule has 5 aromatic rings. The number of methoxy groups -OCH3 is 5. The average molecular weight is 1870 g/mol. The first kappa shape index (κ1) is 97.4. The quantitative estimate of drug-likeness (QED) is 0.0157. The fourth-order valence-corrected chi connectivity index (χ4v) is 18.7. The Kier molecular flexibility index (Phi) is 33.9. The molecule has 56 heteroatoms. The van der Waals surface area contributed by atoms with Crippen LogP contribution in [0.5, 0.6) is 0 Å². The molecule has 5 fully saturated rings. The van der Waals surface area contributed by atoms with Crippen LogP contribution in [0, 0.1) is 20.8 Å². The number of phosphoric acid groups is 2. The van der Waals surface area contributed by atoms with Gasteiger partial charge in [0.2, 0.25) is 0 Å². The SMILES string of the molecule is C=C1N=C(N)C(C)=CN1[C@@H]1O[C@H](COP(O)(=S)OC2[C@@H](COP(O)(=S)OC3[C@@H](COP(=O)(O)OC4[C@@H](COP(=O)(O)OC5[C@@H](CC)O[C@@H](n6cc(C)c(=O)[nH]c6=O)[C@H]5OCCOC)O[C@@H](n5cc(C)c(=O)[nH]c5=O)[C@H]4OCCOC)O[C@@H](n4cnc5c(N)ncnc54)[C@H]3OCCOC)O[C@@H](n3cc(C)c(=O)[nH]c3=O)[C@H]2OCCOC)C(O)[C@@H]1OCCOC. The van der Waals surface area contributed by atoms with Crippen LogP contribution in [0.1, 0.15) is 61.9 Å². The van der Waals surface area contributed by atoms with E-state index in [1.807, 2.05) is 0 Å². The lowest BCUT2D eigenvalue weighted by Crippen LogP contribution is -2.44. The Morgan fingerprint density at radius 3 is 1.22 bits per heavy atom. The molecule has 6 aliphatic rings. The molecule has 6 aliphatic heterocycles. The van der Waals surface area contributed by atoms with E-state index in [2.05, 4.69) is 41.5 Å². The Morgan fingerprint density at radius 1 is 0.472 bits per heavy atom. The van der Waals surface area contributed by atoms with Crippen molar-refractivity contribution in [3.63, 3.8) is 0 Å². The van der Waals surface area contributed by atoms with Gasteiger partial charge in [0.05, 0.1) is 105 Å². The van der Waals surface area contributed by atoms with Gasteiger partial charge in [-0.15, -0.1) is 0 Å². The summed E-state index contributed by atoms with van der Waals surface area (Å²) in [6.45, 7) is -3.51. The number of hydrogen-bond acceptors (Lipinski definition) is 41. The van der Waals surface area contributed by atoms with Gasteiger partial charge >= 0.3 is 46.2 Å². The van der Waals surface area contributed by atoms with Crippen LogP contribution in [0.25, 0.3) is 11.2 Å². The number of ether oxygens (including phenoxy) is 15. The summed E-state index contributed by atoms with van der Waals surface area (Å²) in [6.07, 6.45) is -23.7. The van der Waals surface area contributed by atoms with E-state index in [1.54, 1.807) is 20.0 Å². The molecule has 11 rings (SSSR count). The lowest BCUT2D eigenvalue weighted by molar-refractivity contribution is -0.0936. The minimum Gasteiger partial charge on any atom is -0.387 e. The predicted octanol–water partition coefficient (Wildman–Crippen LogP) is -1.48. The van der Waals surface area contributed by atoms with Gasteiger partial charge in [0.25, 0.3) is 16.7 Å². The van der Waals surface area contributed by atoms with Crippen LogP contribution >= 0.6 is 29.1 Å². The molecule has 24 atom stereocenters. The number of aromatic amines is 3. The zero-order chi connectivity index (χ0) is 89.2. The standard InChI is InChI=1S/C67H100N14O36P4S2/c1-12-38-45(50(101-19-14-96-8)61(109-38)78-24-34(3)57(83)74-65(78)86)114-118(89,90)105-28-40-46(51(102-20-15-97-9)62(111-40)79-25-35(4)58(84)75-66(79)87)115-119(91,92)106-29-41-47(53(104-22-17-99-11)64(113-41)81-32-72-43-55(69)70-31-71-56(43)81)116-121(94,123)108-30-42-48(52(103-21-16-98-10)63(112-42)80-26-36(5)59(85)76-67(80)88)117-120(93,122)107-27-39-44(82)49(100-18-13-95-7)60(110-39)77-23-33(2)54(68)73-37(77)6/h23-26,31-32,38-42,44-53,60-64,82H,6,12-22,27-30H2,1-5,7-11H3,(H2,68,73)(H,89,90)(H,91,92)(H,93,122)(H,94,123)(H2,69,70,71)(H,74,83,86)(H,75,84,87)(H,76,85,88)/t38-,39-,40-,41-,42-,44?,45?,46?,47?,48?,49+,50+,51+,52+,53+,60-,61-,62-,63-,64-,120?,121?/m1/s1. The highest BCUT2D eigenvalue weighted by molar-refractivity contribution is 8.07. The summed E-state index contributed by atoms with van der Waals surface area (Å²) in [5, 5.41) is 11.8. The number of hydrogen-bond donors (Lipinski definition) is 10. The van der Waals surface area contributed by atoms with Crippen molar-refractivity contribution in [3.05, 3.63) is 135 Å². The number of nitrogens with zero attached hydrogens (tertiary/aromatic N) is 9. The van der Waals surface area contributed by atoms with Crippen molar-refractivity contribution < 1.29 is 141 Å². The number of nitrogens with two attached hydrogens (primary N) is 2. The lowest BCUT2D eigenvalue weighted by Gasteiger charge is -2.33. The number of aliphatic imine (C=N–C) groups is 1. The number of fused-ring (bicyclic) bond motifs is 1. The topological polar surface area (TPSA) is 623 Å². The molecule has 0 radical (unpaired) electrons. The molecule has 11 heterocycles. The van der Waals surface area contributed by atoms with Gasteiger partial charge in [-0.25, -0.2) is 43.5 Å². The summed E-state index contributed by atoms with van der Waals surface area (Å²) in [5.41, 5.74) is 7.68. The second kappa shape index (κ2) is 42.8. The van der Waals surface area contributed by atoms with E-state index in [1.165, 1.54) is 78.3 Å². The number of aryl methyl sites for hydroxylation is 3. The second-order valence-corrected chi connectivity index (χ2v) is 36.7. The molecule has 0 spiro atoms. The molecule has 0 aromatic carbocycles. The van der Waals surface area contributed by atoms with Crippen molar-refractivity contribution in [1.29, 1.82) is 0 Å². The Bertz CT molecular complexity index is 5140. The molecule has 5 aromatic heterocycles. The van der Waals surface area contributed by atoms with Crippen molar-refractivity contribution in [2.75, 3.05) is 134 Å². The van der Waals surface area contributed by atoms with Gasteiger partial charge in [-0.05, 0) is 57.7 Å². The molecule has 9 unspecified atom stereocenters. The van der Waals surface area contributed by atoms with E-state index >= 15 is 4.57 Å². The summed E-state index contributed by atoms with van der Waals surface area (Å²) in [7, 11) is -4.45. The maximum atomic E-state index is 15.2. The number of aliphatic hydroxyl groups excluding tert-OH is 1. The molecule has 123 heavy (non-hydrogen) atoms. The first-order valence-corrected chi connectivity index (χ1v) is 46.1. The van der Waals surface area contributed by atoms with Crippen molar-refractivity contribution >= 4 is 75.5 Å². The third-order valence-corrected chi connectivity index (χ3v) is 25.0. The van der Waals surface area contributed by atoms with E-state index in [9.17, 15) is 58.0 Å². The molecule has 0 amide bonds. The summed E-state index contributed by atoms with van der Waals surface area (Å²) in [4.78, 5) is 153. The number of nitrogen functional groups attached to an aromatic ring is 1. The smallest absolute Gasteiger partial charge is 0.387 e. The Labute approximate surface area is 709 Å². The van der Waals surface area contributed by atoms with Crippen LogP contribution < -0.4 is 45.2 Å². The monoisotopic (exact) mass is 1860 g/mol. The van der Waals surface area contributed by atoms with Crippen LogP contribution in [0.4, 0.5) is 5.82 Å². The first-order valence-electron chi connectivity index (χ1n) is 38.0. The van der Waals surface area contributed by atoms with Gasteiger partial charge in [-0.3, -0.25) is 74.7 Å². The van der Waals surface area contributed by atoms with Crippen LogP contribution in [0.3, 0.4) is 0 Å². The van der Waals surface area contributed by atoms with E-state index in [0.29, 0.717) is 5.57 Å². The molecule has 0 bridgehead atoms.